The molecule has 0 aliphatic heterocycles. The second kappa shape index (κ2) is 6.82. The summed E-state index contributed by atoms with van der Waals surface area (Å²) >= 11 is 0. The number of nitrogens with one attached hydrogen (secondary N) is 2. The number of para-hydroxylation sites is 1. The van der Waals surface area contributed by atoms with Gasteiger partial charge in [0, 0.05) is 23.4 Å². The first-order valence-corrected chi connectivity index (χ1v) is 7.76. The van der Waals surface area contributed by atoms with Crippen LogP contribution < -0.4 is 15.4 Å². The second-order valence-corrected chi connectivity index (χ2v) is 5.66. The zero-order valence-corrected chi connectivity index (χ0v) is 13.8. The third kappa shape index (κ3) is 3.41. The van der Waals surface area contributed by atoms with Crippen LogP contribution >= 0.6 is 0 Å². The molecule has 3 rings (SSSR count). The van der Waals surface area contributed by atoms with Gasteiger partial charge >= 0.3 is 11.8 Å². The van der Waals surface area contributed by atoms with Crippen LogP contribution in [0.3, 0.4) is 0 Å². The Labute approximate surface area is 143 Å². The number of furan rings is 1. The molecule has 2 amide bonds. The summed E-state index contributed by atoms with van der Waals surface area (Å²) in [5.74, 6) is -1.28. The van der Waals surface area contributed by atoms with Crippen LogP contribution in [-0.4, -0.2) is 36.7 Å². The highest BCUT2D eigenvalue weighted by atomic mass is 16.5. The lowest BCUT2D eigenvalue weighted by atomic mass is 10.1. The van der Waals surface area contributed by atoms with Crippen LogP contribution in [0.15, 0.2) is 40.8 Å². The Hall–Kier alpha value is -3.06. The second-order valence-electron chi connectivity index (χ2n) is 5.66. The minimum Gasteiger partial charge on any atom is -0.495 e. The van der Waals surface area contributed by atoms with Crippen molar-refractivity contribution in [3.63, 3.8) is 0 Å². The van der Waals surface area contributed by atoms with Crippen LogP contribution in [0.5, 0.6) is 5.75 Å². The topological polar surface area (TPSA) is 101 Å². The van der Waals surface area contributed by atoms with Crippen molar-refractivity contribution in [2.45, 2.75) is 13.0 Å². The molecule has 0 aliphatic rings. The van der Waals surface area contributed by atoms with Crippen LogP contribution in [-0.2, 0) is 9.59 Å². The number of carbonyl (C=O) groups excluding carboxylic acids is 2. The minimum atomic E-state index is -0.852. The molecule has 25 heavy (non-hydrogen) atoms. The van der Waals surface area contributed by atoms with Crippen LogP contribution in [0.4, 0.5) is 5.69 Å². The Morgan fingerprint density at radius 3 is 2.64 bits per heavy atom. The van der Waals surface area contributed by atoms with E-state index < -0.39 is 17.9 Å². The Balaban J connectivity index is 1.91. The van der Waals surface area contributed by atoms with E-state index in [1.165, 1.54) is 14.0 Å². The van der Waals surface area contributed by atoms with Crippen molar-refractivity contribution in [2.24, 2.45) is 0 Å². The van der Waals surface area contributed by atoms with Gasteiger partial charge in [0.2, 0.25) is 0 Å². The SMILES string of the molecule is COc1cc2c(cc1NC(=O)C(=O)NCC(C)O)oc1ccccc12. The normalized spacial score (nSPS) is 12.1. The third-order valence-electron chi connectivity index (χ3n) is 3.71. The number of carbonyl (C=O) groups is 2. The lowest BCUT2D eigenvalue weighted by Gasteiger charge is -2.11. The van der Waals surface area contributed by atoms with Crippen molar-refractivity contribution in [3.05, 3.63) is 36.4 Å². The van der Waals surface area contributed by atoms with E-state index in [0.29, 0.717) is 17.0 Å². The average Bonchev–Trinajstić information content (AvgIpc) is 2.96. The first kappa shape index (κ1) is 16.8. The summed E-state index contributed by atoms with van der Waals surface area (Å²) in [6, 6.07) is 10.9. The molecule has 0 radical (unpaired) electrons. The van der Waals surface area contributed by atoms with Gasteiger partial charge in [0.05, 0.1) is 18.9 Å². The predicted molar refractivity (Wildman–Crippen MR) is 93.6 cm³/mol. The molecule has 1 heterocycles. The quantitative estimate of drug-likeness (QED) is 0.630. The first-order valence-electron chi connectivity index (χ1n) is 7.76. The summed E-state index contributed by atoms with van der Waals surface area (Å²) in [6.07, 6.45) is -0.738. The Morgan fingerprint density at radius 2 is 1.92 bits per heavy atom. The number of aliphatic hydroxyl groups excluding tert-OH is 1. The smallest absolute Gasteiger partial charge is 0.313 e. The molecule has 7 nitrogen and oxygen atoms in total. The standard InChI is InChI=1S/C18H18N2O5/c1-10(21)9-19-17(22)18(23)20-13-8-15-12(7-16(13)24-2)11-5-3-4-6-14(11)25-15/h3-8,10,21H,9H2,1-2H3,(H,19,22)(H,20,23). The maximum atomic E-state index is 12.0. The van der Waals surface area contributed by atoms with Crippen molar-refractivity contribution >= 4 is 39.4 Å². The van der Waals surface area contributed by atoms with Crippen molar-refractivity contribution in [1.29, 1.82) is 0 Å². The van der Waals surface area contributed by atoms with E-state index in [-0.39, 0.29) is 6.54 Å². The molecule has 0 fully saturated rings. The minimum absolute atomic E-state index is 0.00794. The van der Waals surface area contributed by atoms with Crippen LogP contribution in [0, 0.1) is 0 Å². The van der Waals surface area contributed by atoms with Gasteiger partial charge in [0.15, 0.2) is 0 Å². The molecule has 1 unspecified atom stereocenters. The van der Waals surface area contributed by atoms with E-state index in [1.54, 1.807) is 12.1 Å². The molecule has 1 aromatic heterocycles. The molecule has 0 saturated heterocycles. The van der Waals surface area contributed by atoms with E-state index in [4.69, 9.17) is 14.3 Å². The van der Waals surface area contributed by atoms with Crippen LogP contribution in [0.2, 0.25) is 0 Å². The zero-order valence-electron chi connectivity index (χ0n) is 13.8. The molecule has 1 atom stereocenters. The van der Waals surface area contributed by atoms with Gasteiger partial charge in [-0.15, -0.1) is 0 Å². The molecule has 0 bridgehead atoms. The first-order chi connectivity index (χ1) is 12.0. The lowest BCUT2D eigenvalue weighted by molar-refractivity contribution is -0.136. The molecule has 3 aromatic rings. The van der Waals surface area contributed by atoms with Crippen molar-refractivity contribution < 1.29 is 23.8 Å². The van der Waals surface area contributed by atoms with E-state index in [1.807, 2.05) is 24.3 Å². The molecule has 7 heteroatoms. The van der Waals surface area contributed by atoms with E-state index in [0.717, 1.165) is 16.4 Å². The van der Waals surface area contributed by atoms with Crippen molar-refractivity contribution in [1.82, 2.24) is 5.32 Å². The third-order valence-corrected chi connectivity index (χ3v) is 3.71. The number of amides is 2. The molecular weight excluding hydrogens is 324 g/mol. The number of rotatable bonds is 4. The number of methoxy groups -OCH3 is 1. The lowest BCUT2D eigenvalue weighted by Crippen LogP contribution is -2.38. The van der Waals surface area contributed by atoms with Gasteiger partial charge in [-0.25, -0.2) is 0 Å². The van der Waals surface area contributed by atoms with Gasteiger partial charge in [0.25, 0.3) is 0 Å². The van der Waals surface area contributed by atoms with Gasteiger partial charge in [-0.05, 0) is 19.1 Å². The average molecular weight is 342 g/mol. The fourth-order valence-electron chi connectivity index (χ4n) is 2.52. The number of anilines is 1. The monoisotopic (exact) mass is 342 g/mol. The molecule has 130 valence electrons. The number of benzene rings is 2. The van der Waals surface area contributed by atoms with Crippen molar-refractivity contribution in [2.75, 3.05) is 19.0 Å². The van der Waals surface area contributed by atoms with Gasteiger partial charge in [-0.1, -0.05) is 18.2 Å². The molecule has 3 N–H and O–H groups in total. The summed E-state index contributed by atoms with van der Waals surface area (Å²) in [6.45, 7) is 1.50. The molecule has 0 spiro atoms. The summed E-state index contributed by atoms with van der Waals surface area (Å²) < 4.78 is 11.1. The van der Waals surface area contributed by atoms with Gasteiger partial charge < -0.3 is 24.9 Å². The van der Waals surface area contributed by atoms with Crippen molar-refractivity contribution in [3.8, 4) is 5.75 Å². The van der Waals surface area contributed by atoms with Gasteiger partial charge in [-0.3, -0.25) is 9.59 Å². The zero-order chi connectivity index (χ0) is 18.0. The number of ether oxygens (including phenoxy) is 1. The Morgan fingerprint density at radius 1 is 1.16 bits per heavy atom. The van der Waals surface area contributed by atoms with Gasteiger partial charge in [-0.2, -0.15) is 0 Å². The molecular formula is C18H18N2O5. The number of fused-ring (bicyclic) bond motifs is 3. The highest BCUT2D eigenvalue weighted by molar-refractivity contribution is 6.39. The number of aliphatic hydroxyl groups is 1. The maximum absolute atomic E-state index is 12.0. The Bertz CT molecular complexity index is 945. The van der Waals surface area contributed by atoms with Crippen LogP contribution in [0.1, 0.15) is 6.92 Å². The largest absolute Gasteiger partial charge is 0.495 e. The highest BCUT2D eigenvalue weighted by Gasteiger charge is 2.18. The summed E-state index contributed by atoms with van der Waals surface area (Å²) in [5, 5.41) is 15.8. The molecule has 0 saturated carbocycles. The van der Waals surface area contributed by atoms with Crippen LogP contribution in [0.25, 0.3) is 21.9 Å². The van der Waals surface area contributed by atoms with E-state index in [2.05, 4.69) is 10.6 Å². The maximum Gasteiger partial charge on any atom is 0.313 e. The fraction of sp³-hybridized carbons (Fsp3) is 0.222. The highest BCUT2D eigenvalue weighted by Crippen LogP contribution is 2.36. The summed E-state index contributed by atoms with van der Waals surface area (Å²) in [5.41, 5.74) is 1.62. The number of hydrogen-bond donors (Lipinski definition) is 3. The van der Waals surface area contributed by atoms with E-state index >= 15 is 0 Å². The fourth-order valence-corrected chi connectivity index (χ4v) is 2.52. The van der Waals surface area contributed by atoms with Gasteiger partial charge in [0.1, 0.15) is 16.9 Å². The summed E-state index contributed by atoms with van der Waals surface area (Å²) in [7, 11) is 1.48. The number of hydrogen-bond acceptors (Lipinski definition) is 5. The van der Waals surface area contributed by atoms with E-state index in [9.17, 15) is 9.59 Å². The molecule has 0 aliphatic carbocycles. The predicted octanol–water partition coefficient (Wildman–Crippen LogP) is 2.03. The molecule has 2 aromatic carbocycles. The summed E-state index contributed by atoms with van der Waals surface area (Å²) in [4.78, 5) is 23.8. The Kier molecular flexibility index (Phi) is 4.58.